The Kier molecular flexibility index (Phi) is 6.78. The van der Waals surface area contributed by atoms with Crippen molar-refractivity contribution in [1.82, 2.24) is 0 Å². The van der Waals surface area contributed by atoms with Gasteiger partial charge in [0.15, 0.2) is 0 Å². The number of hydrogen-bond acceptors (Lipinski definition) is 0. The van der Waals surface area contributed by atoms with Gasteiger partial charge in [-0.05, 0) is 138 Å². The molecule has 0 heteroatoms. The predicted molar refractivity (Wildman–Crippen MR) is 245 cm³/mol. The first-order valence-corrected chi connectivity index (χ1v) is 20.1. The molecule has 0 aromatic heterocycles. The van der Waals surface area contributed by atoms with Gasteiger partial charge in [-0.25, -0.2) is 0 Å². The minimum Gasteiger partial charge on any atom is -0.0622 e. The van der Waals surface area contributed by atoms with E-state index in [4.69, 9.17) is 0 Å². The Hall–Kier alpha value is -7.02. The van der Waals surface area contributed by atoms with Crippen molar-refractivity contribution < 1.29 is 0 Å². The smallest absolute Gasteiger partial charge is 0.0165 e. The van der Waals surface area contributed by atoms with Crippen molar-refractivity contribution in [3.63, 3.8) is 0 Å². The van der Waals surface area contributed by atoms with Gasteiger partial charge >= 0.3 is 0 Å². The maximum atomic E-state index is 2.49. The Balaban J connectivity index is 1.10. The maximum absolute atomic E-state index is 2.49. The summed E-state index contributed by atoms with van der Waals surface area (Å²) in [5.74, 6) is 0. The fraction of sp³-hybridized carbons (Fsp3) is 0.0526. The zero-order valence-electron chi connectivity index (χ0n) is 32.0. The second-order valence-electron chi connectivity index (χ2n) is 16.4. The molecule has 0 radical (unpaired) electrons. The molecule has 0 spiro atoms. The van der Waals surface area contributed by atoms with E-state index in [1.807, 2.05) is 0 Å². The molecule has 1 aliphatic rings. The van der Waals surface area contributed by atoms with Crippen molar-refractivity contribution in [2.45, 2.75) is 19.3 Å². The highest BCUT2D eigenvalue weighted by Gasteiger charge is 2.39. The third-order valence-corrected chi connectivity index (χ3v) is 13.0. The van der Waals surface area contributed by atoms with Gasteiger partial charge in [-0.2, -0.15) is 0 Å². The van der Waals surface area contributed by atoms with Crippen LogP contribution >= 0.6 is 0 Å². The molecular weight excluding hydrogens is 685 g/mol. The van der Waals surface area contributed by atoms with Crippen LogP contribution in [0.5, 0.6) is 0 Å². The molecule has 0 fully saturated rings. The number of benzene rings is 11. The summed E-state index contributed by atoms with van der Waals surface area (Å²) in [5, 5.41) is 15.5. The van der Waals surface area contributed by atoms with Crippen LogP contribution in [0.4, 0.5) is 0 Å². The Morgan fingerprint density at radius 3 is 1.39 bits per heavy atom. The van der Waals surface area contributed by atoms with Crippen LogP contribution in [-0.2, 0) is 5.41 Å². The first-order valence-electron chi connectivity index (χ1n) is 20.1. The van der Waals surface area contributed by atoms with Gasteiger partial charge < -0.3 is 0 Å². The van der Waals surface area contributed by atoms with Crippen LogP contribution < -0.4 is 0 Å². The van der Waals surface area contributed by atoms with Crippen LogP contribution in [0.1, 0.15) is 25.0 Å². The summed E-state index contributed by atoms with van der Waals surface area (Å²) < 4.78 is 0. The predicted octanol–water partition coefficient (Wildman–Crippen LogP) is 15.9. The lowest BCUT2D eigenvalue weighted by atomic mass is 9.78. The second-order valence-corrected chi connectivity index (χ2v) is 16.4. The van der Waals surface area contributed by atoms with Gasteiger partial charge in [0.05, 0.1) is 0 Å². The van der Waals surface area contributed by atoms with E-state index in [1.165, 1.54) is 120 Å². The van der Waals surface area contributed by atoms with Crippen molar-refractivity contribution in [2.24, 2.45) is 0 Å². The maximum Gasteiger partial charge on any atom is 0.0165 e. The lowest BCUT2D eigenvalue weighted by Gasteiger charge is -2.24. The minimum atomic E-state index is -0.150. The van der Waals surface area contributed by atoms with E-state index in [9.17, 15) is 0 Å². The molecule has 0 amide bonds. The molecule has 0 nitrogen and oxygen atoms in total. The molecule has 0 saturated heterocycles. The number of fused-ring (bicyclic) bond motifs is 13. The highest BCUT2D eigenvalue weighted by molar-refractivity contribution is 6.25. The minimum absolute atomic E-state index is 0.150. The normalized spacial score (nSPS) is 13.2. The van der Waals surface area contributed by atoms with Crippen LogP contribution in [0.15, 0.2) is 194 Å². The summed E-state index contributed by atoms with van der Waals surface area (Å²) in [7, 11) is 0. The standard InChI is InChI=1S/C57H38/c1-57(2)51-31-29-36-16-6-7-17-42(36)54(51)55-44-19-9-8-18-43(44)50-34-41(28-30-49(50)56(55)57)53-47-22-12-10-20-45(47)52(46-21-11-13-23-48(46)53)40-27-26-38-32-37(24-25-39(38)33-40)35-14-4-3-5-15-35/h3-34H,1-2H3. The van der Waals surface area contributed by atoms with Crippen molar-refractivity contribution in [3.05, 3.63) is 205 Å². The Labute approximate surface area is 332 Å². The van der Waals surface area contributed by atoms with Gasteiger partial charge in [0.1, 0.15) is 0 Å². The summed E-state index contributed by atoms with van der Waals surface area (Å²) in [6, 6.07) is 72.5. The molecule has 1 aliphatic carbocycles. The fourth-order valence-electron chi connectivity index (χ4n) is 10.4. The van der Waals surface area contributed by atoms with Gasteiger partial charge in [-0.3, -0.25) is 0 Å². The molecule has 0 saturated carbocycles. The lowest BCUT2D eigenvalue weighted by Crippen LogP contribution is -2.15. The van der Waals surface area contributed by atoms with Gasteiger partial charge in [-0.1, -0.05) is 190 Å². The number of hydrogen-bond donors (Lipinski definition) is 0. The summed E-state index contributed by atoms with van der Waals surface area (Å²) in [6.07, 6.45) is 0. The van der Waals surface area contributed by atoms with Gasteiger partial charge in [0.25, 0.3) is 0 Å². The average Bonchev–Trinajstić information content (AvgIpc) is 3.52. The zero-order chi connectivity index (χ0) is 37.8. The summed E-state index contributed by atoms with van der Waals surface area (Å²) >= 11 is 0. The topological polar surface area (TPSA) is 0 Å². The van der Waals surface area contributed by atoms with E-state index >= 15 is 0 Å². The van der Waals surface area contributed by atoms with Crippen LogP contribution in [-0.4, -0.2) is 0 Å². The molecule has 11 aromatic carbocycles. The molecule has 0 heterocycles. The average molecular weight is 723 g/mol. The Morgan fingerprint density at radius 2 is 0.737 bits per heavy atom. The summed E-state index contributed by atoms with van der Waals surface area (Å²) in [4.78, 5) is 0. The molecule has 266 valence electrons. The van der Waals surface area contributed by atoms with Crippen molar-refractivity contribution in [2.75, 3.05) is 0 Å². The molecule has 0 aliphatic heterocycles. The molecule has 57 heavy (non-hydrogen) atoms. The van der Waals surface area contributed by atoms with E-state index in [1.54, 1.807) is 0 Å². The first kappa shape index (κ1) is 32.2. The number of rotatable bonds is 3. The highest BCUT2D eigenvalue weighted by Crippen LogP contribution is 2.57. The lowest BCUT2D eigenvalue weighted by molar-refractivity contribution is 0.667. The van der Waals surface area contributed by atoms with Gasteiger partial charge in [0.2, 0.25) is 0 Å². The van der Waals surface area contributed by atoms with E-state index in [0.29, 0.717) is 0 Å². The summed E-state index contributed by atoms with van der Waals surface area (Å²) in [6.45, 7) is 4.84. The molecule has 12 rings (SSSR count). The summed E-state index contributed by atoms with van der Waals surface area (Å²) in [5.41, 5.74) is 13.0. The molecule has 0 atom stereocenters. The monoisotopic (exact) mass is 722 g/mol. The van der Waals surface area contributed by atoms with Crippen LogP contribution in [0.2, 0.25) is 0 Å². The van der Waals surface area contributed by atoms with E-state index in [0.717, 1.165) is 0 Å². The van der Waals surface area contributed by atoms with Crippen molar-refractivity contribution >= 4 is 64.6 Å². The third-order valence-electron chi connectivity index (χ3n) is 13.0. The molecular formula is C57H38. The van der Waals surface area contributed by atoms with Crippen LogP contribution in [0, 0.1) is 0 Å². The first-order chi connectivity index (χ1) is 28.0. The highest BCUT2D eigenvalue weighted by atomic mass is 14.4. The molecule has 11 aromatic rings. The van der Waals surface area contributed by atoms with Crippen LogP contribution in [0.3, 0.4) is 0 Å². The SMILES string of the molecule is CC1(C)c2ccc3ccccc3c2-c2c1c1ccc(-c3c4ccccc4c(-c4ccc5cc(-c6ccccc6)ccc5c4)c4ccccc34)cc1c1ccccc21. The quantitative estimate of drug-likeness (QED) is 0.126. The molecule has 0 N–H and O–H groups in total. The van der Waals surface area contributed by atoms with Gasteiger partial charge in [-0.15, -0.1) is 0 Å². The zero-order valence-corrected chi connectivity index (χ0v) is 32.0. The van der Waals surface area contributed by atoms with E-state index in [2.05, 4.69) is 208 Å². The largest absolute Gasteiger partial charge is 0.0622 e. The van der Waals surface area contributed by atoms with Crippen molar-refractivity contribution in [3.8, 4) is 44.5 Å². The Bertz CT molecular complexity index is 3420. The van der Waals surface area contributed by atoms with Crippen LogP contribution in [0.25, 0.3) is 109 Å². The Morgan fingerprint density at radius 1 is 0.263 bits per heavy atom. The molecule has 0 bridgehead atoms. The fourth-order valence-corrected chi connectivity index (χ4v) is 10.4. The second kappa shape index (κ2) is 12.0. The van der Waals surface area contributed by atoms with E-state index < -0.39 is 0 Å². The van der Waals surface area contributed by atoms with Crippen molar-refractivity contribution in [1.29, 1.82) is 0 Å². The third kappa shape index (κ3) is 4.62. The van der Waals surface area contributed by atoms with E-state index in [-0.39, 0.29) is 5.41 Å². The van der Waals surface area contributed by atoms with Gasteiger partial charge in [0, 0.05) is 5.41 Å². The molecule has 0 unspecified atom stereocenters.